The van der Waals surface area contributed by atoms with Crippen LogP contribution in [0.25, 0.3) is 10.8 Å². The summed E-state index contributed by atoms with van der Waals surface area (Å²) in [7, 11) is 0.197. The van der Waals surface area contributed by atoms with Crippen LogP contribution in [0.15, 0.2) is 42.5 Å². The molecule has 2 aromatic rings. The maximum atomic E-state index is 11.4. The largest absolute Gasteiger partial charge is 0.372 e. The van der Waals surface area contributed by atoms with Crippen molar-refractivity contribution in [3.8, 4) is 0 Å². The summed E-state index contributed by atoms with van der Waals surface area (Å²) in [6, 6.07) is 14.0. The molecule has 0 unspecified atom stereocenters. The molecule has 0 bridgehead atoms. The fourth-order valence-corrected chi connectivity index (χ4v) is 2.52. The third-order valence-electron chi connectivity index (χ3n) is 2.79. The first-order valence-electron chi connectivity index (χ1n) is 5.44. The lowest BCUT2D eigenvalue weighted by molar-refractivity contribution is -0.424. The number of benzene rings is 2. The van der Waals surface area contributed by atoms with Crippen LogP contribution < -0.4 is 4.72 Å². The second-order valence-electron chi connectivity index (χ2n) is 3.92. The maximum Gasteiger partial charge on any atom is 0.269 e. The highest BCUT2D eigenvalue weighted by Gasteiger charge is 2.09. The van der Waals surface area contributed by atoms with Crippen molar-refractivity contribution in [3.05, 3.63) is 55.1 Å². The SMILES string of the molecule is [CH2-][NH2+]S(=O)(=O)CCc1cccc2ccccc12. The number of rotatable bonds is 4. The summed E-state index contributed by atoms with van der Waals surface area (Å²) < 4.78 is 23.8. The molecule has 17 heavy (non-hydrogen) atoms. The lowest BCUT2D eigenvalue weighted by Gasteiger charge is -2.06. The Hall–Kier alpha value is -1.39. The van der Waals surface area contributed by atoms with E-state index in [9.17, 15) is 8.42 Å². The van der Waals surface area contributed by atoms with E-state index < -0.39 is 10.0 Å². The van der Waals surface area contributed by atoms with Crippen molar-refractivity contribution in [1.82, 2.24) is 0 Å². The summed E-state index contributed by atoms with van der Waals surface area (Å²) in [6.07, 6.45) is 0.524. The zero-order valence-corrected chi connectivity index (χ0v) is 10.3. The number of hydrogen-bond acceptors (Lipinski definition) is 2. The van der Waals surface area contributed by atoms with Crippen LogP contribution >= 0.6 is 0 Å². The number of nitrogens with two attached hydrogens (primary N) is 1. The third kappa shape index (κ3) is 2.84. The minimum atomic E-state index is -3.12. The topological polar surface area (TPSA) is 50.8 Å². The standard InChI is InChI=1S/C13H15NO2S/c1-14-17(15,16)10-9-12-7-4-6-11-5-2-3-8-13(11)12/h2-8H,1,9-10,14H2. The van der Waals surface area contributed by atoms with Crippen molar-refractivity contribution in [3.63, 3.8) is 0 Å². The van der Waals surface area contributed by atoms with Gasteiger partial charge in [0, 0.05) is 0 Å². The molecule has 0 radical (unpaired) electrons. The van der Waals surface area contributed by atoms with Crippen LogP contribution in [0.4, 0.5) is 0 Å². The van der Waals surface area contributed by atoms with E-state index in [1.807, 2.05) is 42.5 Å². The van der Waals surface area contributed by atoms with E-state index in [1.165, 1.54) is 0 Å². The highest BCUT2D eigenvalue weighted by molar-refractivity contribution is 7.84. The number of primary sulfonamides is 1. The van der Waals surface area contributed by atoms with Crippen LogP contribution in [0.2, 0.25) is 0 Å². The van der Waals surface area contributed by atoms with Gasteiger partial charge in [0.05, 0.1) is 0 Å². The highest BCUT2D eigenvalue weighted by Crippen LogP contribution is 2.18. The molecule has 0 aliphatic rings. The highest BCUT2D eigenvalue weighted by atomic mass is 32.2. The number of hydrogen-bond donors (Lipinski definition) is 1. The molecule has 0 atom stereocenters. The Balaban J connectivity index is 2.31. The first kappa shape index (κ1) is 12.1. The molecule has 2 aromatic carbocycles. The van der Waals surface area contributed by atoms with Gasteiger partial charge in [-0.3, -0.25) is 0 Å². The van der Waals surface area contributed by atoms with E-state index in [0.717, 1.165) is 21.1 Å². The summed E-state index contributed by atoms with van der Waals surface area (Å²) in [5.41, 5.74) is 1.06. The van der Waals surface area contributed by atoms with Crippen molar-refractivity contribution in [2.45, 2.75) is 6.42 Å². The average molecular weight is 249 g/mol. The lowest BCUT2D eigenvalue weighted by Crippen LogP contribution is -2.81. The van der Waals surface area contributed by atoms with E-state index in [-0.39, 0.29) is 5.75 Å². The minimum Gasteiger partial charge on any atom is -0.372 e. The second kappa shape index (κ2) is 4.85. The monoisotopic (exact) mass is 249 g/mol. The smallest absolute Gasteiger partial charge is 0.269 e. The van der Waals surface area contributed by atoms with Gasteiger partial charge in [-0.15, -0.1) is 7.05 Å². The molecule has 0 aliphatic heterocycles. The van der Waals surface area contributed by atoms with Gasteiger partial charge in [-0.2, -0.15) is 8.42 Å². The Labute approximate surface area is 102 Å². The molecule has 90 valence electrons. The average Bonchev–Trinajstić information content (AvgIpc) is 2.36. The van der Waals surface area contributed by atoms with Crippen molar-refractivity contribution in [2.75, 3.05) is 5.75 Å². The third-order valence-corrected chi connectivity index (χ3v) is 4.07. The predicted octanol–water partition coefficient (Wildman–Crippen LogP) is 1.07. The maximum absolute atomic E-state index is 11.4. The number of sulfonamides is 1. The predicted molar refractivity (Wildman–Crippen MR) is 68.7 cm³/mol. The number of aryl methyl sites for hydroxylation is 1. The zero-order chi connectivity index (χ0) is 12.3. The van der Waals surface area contributed by atoms with Crippen LogP contribution in [0.1, 0.15) is 5.56 Å². The molecule has 0 saturated heterocycles. The molecule has 2 rings (SSSR count). The Kier molecular flexibility index (Phi) is 3.45. The van der Waals surface area contributed by atoms with Crippen molar-refractivity contribution >= 4 is 20.8 Å². The van der Waals surface area contributed by atoms with Gasteiger partial charge >= 0.3 is 0 Å². The Morgan fingerprint density at radius 2 is 1.76 bits per heavy atom. The van der Waals surface area contributed by atoms with E-state index in [1.54, 1.807) is 0 Å². The summed E-state index contributed by atoms with van der Waals surface area (Å²) in [5.74, 6) is 0.116. The lowest BCUT2D eigenvalue weighted by atomic mass is 10.0. The van der Waals surface area contributed by atoms with Gasteiger partial charge < -0.3 is 4.72 Å². The van der Waals surface area contributed by atoms with Gasteiger partial charge in [-0.1, -0.05) is 42.5 Å². The van der Waals surface area contributed by atoms with Gasteiger partial charge in [0.15, 0.2) is 0 Å². The molecule has 0 fully saturated rings. The molecule has 0 spiro atoms. The molecule has 2 N–H and O–H groups in total. The number of fused-ring (bicyclic) bond motifs is 1. The van der Waals surface area contributed by atoms with Crippen LogP contribution in [0, 0.1) is 7.05 Å². The number of quaternary nitrogens is 1. The van der Waals surface area contributed by atoms with Crippen LogP contribution in [0.5, 0.6) is 0 Å². The first-order valence-corrected chi connectivity index (χ1v) is 7.16. The summed E-state index contributed by atoms with van der Waals surface area (Å²) >= 11 is 0. The molecule has 0 aromatic heterocycles. The Morgan fingerprint density at radius 3 is 2.53 bits per heavy atom. The van der Waals surface area contributed by atoms with Crippen LogP contribution in [-0.4, -0.2) is 14.2 Å². The molecule has 0 saturated carbocycles. The van der Waals surface area contributed by atoms with Gasteiger partial charge in [-0.05, 0) is 22.8 Å². The van der Waals surface area contributed by atoms with Crippen molar-refractivity contribution < 1.29 is 13.1 Å². The minimum absolute atomic E-state index is 0.116. The normalized spacial score (nSPS) is 11.8. The summed E-state index contributed by atoms with van der Waals surface area (Å²) in [6.45, 7) is 0. The van der Waals surface area contributed by atoms with Gasteiger partial charge in [0.1, 0.15) is 5.75 Å². The molecular formula is C13H15NO2S. The fourth-order valence-electron chi connectivity index (χ4n) is 1.85. The van der Waals surface area contributed by atoms with Crippen LogP contribution in [-0.2, 0) is 16.4 Å². The first-order chi connectivity index (χ1) is 8.12. The van der Waals surface area contributed by atoms with E-state index in [2.05, 4.69) is 7.05 Å². The molecule has 0 aliphatic carbocycles. The van der Waals surface area contributed by atoms with Gasteiger partial charge in [-0.25, -0.2) is 0 Å². The molecule has 0 amide bonds. The van der Waals surface area contributed by atoms with E-state index in [4.69, 9.17) is 0 Å². The Bertz CT molecular complexity index is 615. The second-order valence-corrected chi connectivity index (χ2v) is 5.99. The van der Waals surface area contributed by atoms with Crippen molar-refractivity contribution in [2.24, 2.45) is 0 Å². The van der Waals surface area contributed by atoms with E-state index >= 15 is 0 Å². The quantitative estimate of drug-likeness (QED) is 0.824. The molecule has 0 heterocycles. The van der Waals surface area contributed by atoms with Crippen LogP contribution in [0.3, 0.4) is 0 Å². The summed E-state index contributed by atoms with van der Waals surface area (Å²) in [5, 5.41) is 2.26. The Morgan fingerprint density at radius 1 is 1.06 bits per heavy atom. The summed E-state index contributed by atoms with van der Waals surface area (Å²) in [4.78, 5) is 0. The van der Waals surface area contributed by atoms with Gasteiger partial charge in [0.2, 0.25) is 0 Å². The van der Waals surface area contributed by atoms with E-state index in [0.29, 0.717) is 6.42 Å². The fraction of sp³-hybridized carbons (Fsp3) is 0.154. The van der Waals surface area contributed by atoms with Gasteiger partial charge in [0.25, 0.3) is 10.0 Å². The zero-order valence-electron chi connectivity index (χ0n) is 9.46. The molecular weight excluding hydrogens is 234 g/mol. The van der Waals surface area contributed by atoms with Crippen molar-refractivity contribution in [1.29, 1.82) is 0 Å². The molecule has 4 heteroatoms. The molecule has 3 nitrogen and oxygen atoms in total.